The highest BCUT2D eigenvalue weighted by molar-refractivity contribution is 9.11. The van der Waals surface area contributed by atoms with Crippen molar-refractivity contribution in [2.24, 2.45) is 5.10 Å². The Morgan fingerprint density at radius 3 is 2.27 bits per heavy atom. The molecule has 0 atom stereocenters. The van der Waals surface area contributed by atoms with Gasteiger partial charge in [0.2, 0.25) is 0 Å². The average molecular weight is 637 g/mol. The maximum Gasteiger partial charge on any atom is 0.343 e. The molecule has 0 saturated heterocycles. The first-order valence-electron chi connectivity index (χ1n) is 10.3. The number of nitro benzene ring substituents is 1. The van der Waals surface area contributed by atoms with E-state index in [9.17, 15) is 19.7 Å². The minimum Gasteiger partial charge on any atom is -0.497 e. The number of non-ortho nitro benzene ring substituents is 1. The minimum absolute atomic E-state index is 0.135. The van der Waals surface area contributed by atoms with Crippen LogP contribution >= 0.6 is 31.9 Å². The summed E-state index contributed by atoms with van der Waals surface area (Å²) in [6.07, 6.45) is 1.38. The molecule has 3 rings (SSSR count). The van der Waals surface area contributed by atoms with Gasteiger partial charge in [-0.1, -0.05) is 0 Å². The van der Waals surface area contributed by atoms with Crippen LogP contribution in [0.15, 0.2) is 68.6 Å². The van der Waals surface area contributed by atoms with Gasteiger partial charge >= 0.3 is 5.97 Å². The largest absolute Gasteiger partial charge is 0.497 e. The Morgan fingerprint density at radius 1 is 1.00 bits per heavy atom. The number of carbonyl (C=O) groups is 2. The Balaban J connectivity index is 1.58. The lowest BCUT2D eigenvalue weighted by Gasteiger charge is -2.11. The van der Waals surface area contributed by atoms with Crippen LogP contribution in [0.2, 0.25) is 0 Å². The fourth-order valence-corrected chi connectivity index (χ4v) is 4.24. The number of amides is 1. The lowest BCUT2D eigenvalue weighted by Crippen LogP contribution is -2.24. The number of ether oxygens (including phenoxy) is 4. The summed E-state index contributed by atoms with van der Waals surface area (Å²) in [7, 11) is 2.94. The Hall–Kier alpha value is -3.97. The van der Waals surface area contributed by atoms with E-state index in [1.807, 2.05) is 0 Å². The highest BCUT2D eigenvalue weighted by Crippen LogP contribution is 2.37. The van der Waals surface area contributed by atoms with Gasteiger partial charge in [-0.05, 0) is 79.9 Å². The van der Waals surface area contributed by atoms with Crippen molar-refractivity contribution in [1.82, 2.24) is 5.43 Å². The minimum atomic E-state index is -0.711. The monoisotopic (exact) mass is 635 g/mol. The molecule has 0 fully saturated rings. The number of benzene rings is 3. The summed E-state index contributed by atoms with van der Waals surface area (Å²) >= 11 is 6.73. The first kappa shape index (κ1) is 27.6. The van der Waals surface area contributed by atoms with Gasteiger partial charge in [0.15, 0.2) is 18.1 Å². The number of hydrazone groups is 1. The molecule has 0 aromatic heterocycles. The SMILES string of the molecule is COc1cc(Br)c(OCC(=O)NN=Cc2ccc(OC(=O)c3ccc([N+](=O)[O-])cc3)c(OC)c2)c(Br)c1. The third-order valence-corrected chi connectivity index (χ3v) is 5.84. The molecule has 0 aliphatic rings. The summed E-state index contributed by atoms with van der Waals surface area (Å²) in [5, 5.41) is 14.7. The van der Waals surface area contributed by atoms with E-state index >= 15 is 0 Å². The highest BCUT2D eigenvalue weighted by atomic mass is 79.9. The van der Waals surface area contributed by atoms with Gasteiger partial charge in [-0.2, -0.15) is 5.10 Å². The van der Waals surface area contributed by atoms with E-state index in [1.54, 1.807) is 24.3 Å². The van der Waals surface area contributed by atoms with Crippen molar-refractivity contribution in [1.29, 1.82) is 0 Å². The zero-order valence-corrected chi connectivity index (χ0v) is 22.6. The molecule has 11 nitrogen and oxygen atoms in total. The molecule has 0 heterocycles. The number of rotatable bonds is 10. The molecule has 3 aromatic rings. The molecule has 192 valence electrons. The molecule has 0 aliphatic heterocycles. The summed E-state index contributed by atoms with van der Waals surface area (Å²) < 4.78 is 22.5. The average Bonchev–Trinajstić information content (AvgIpc) is 2.88. The number of hydrogen-bond donors (Lipinski definition) is 1. The highest BCUT2D eigenvalue weighted by Gasteiger charge is 2.15. The van der Waals surface area contributed by atoms with Gasteiger partial charge in [0.25, 0.3) is 11.6 Å². The van der Waals surface area contributed by atoms with E-state index in [4.69, 9.17) is 18.9 Å². The van der Waals surface area contributed by atoms with Gasteiger partial charge in [-0.25, -0.2) is 10.2 Å². The van der Waals surface area contributed by atoms with Crippen LogP contribution in [0.4, 0.5) is 5.69 Å². The van der Waals surface area contributed by atoms with E-state index in [-0.39, 0.29) is 29.4 Å². The number of nitrogens with zero attached hydrogens (tertiary/aromatic N) is 2. The van der Waals surface area contributed by atoms with Crippen molar-refractivity contribution in [2.75, 3.05) is 20.8 Å². The standard InChI is InChI=1S/C24H19Br2N3O8/c1-34-17-10-18(25)23(19(26)11-17)36-13-22(30)28-27-12-14-3-8-20(21(9-14)35-2)37-24(31)15-4-6-16(7-5-15)29(32)33/h3-12H,13H2,1-2H3,(H,28,30). The second-order valence-electron chi connectivity index (χ2n) is 7.11. The van der Waals surface area contributed by atoms with Gasteiger partial charge in [-0.3, -0.25) is 14.9 Å². The first-order valence-corrected chi connectivity index (χ1v) is 11.9. The maximum atomic E-state index is 12.4. The van der Waals surface area contributed by atoms with Crippen LogP contribution in [0.25, 0.3) is 0 Å². The van der Waals surface area contributed by atoms with Gasteiger partial charge in [-0.15, -0.1) is 0 Å². The number of esters is 1. The molecule has 1 N–H and O–H groups in total. The molecule has 3 aromatic carbocycles. The van der Waals surface area contributed by atoms with Crippen LogP contribution in [0, 0.1) is 10.1 Å². The lowest BCUT2D eigenvalue weighted by atomic mass is 10.2. The quantitative estimate of drug-likeness (QED) is 0.109. The number of nitro groups is 1. The third kappa shape index (κ3) is 7.51. The van der Waals surface area contributed by atoms with Crippen LogP contribution in [0.3, 0.4) is 0 Å². The van der Waals surface area contributed by atoms with E-state index < -0.39 is 16.8 Å². The fraction of sp³-hybridized carbons (Fsp3) is 0.125. The molecule has 0 bridgehead atoms. The number of methoxy groups -OCH3 is 2. The Kier molecular flexibility index (Phi) is 9.57. The van der Waals surface area contributed by atoms with Crippen molar-refractivity contribution >= 4 is 55.6 Å². The van der Waals surface area contributed by atoms with Crippen molar-refractivity contribution in [3.05, 3.63) is 84.8 Å². The molecule has 0 radical (unpaired) electrons. The Morgan fingerprint density at radius 2 is 1.68 bits per heavy atom. The van der Waals surface area contributed by atoms with Crippen LogP contribution in [0.1, 0.15) is 15.9 Å². The first-order chi connectivity index (χ1) is 17.7. The number of carbonyl (C=O) groups excluding carboxylic acids is 2. The third-order valence-electron chi connectivity index (χ3n) is 4.66. The van der Waals surface area contributed by atoms with Gasteiger partial charge < -0.3 is 18.9 Å². The van der Waals surface area contributed by atoms with Crippen LogP contribution < -0.4 is 24.4 Å². The molecule has 37 heavy (non-hydrogen) atoms. The summed E-state index contributed by atoms with van der Waals surface area (Å²) in [5.74, 6) is 0.217. The van der Waals surface area contributed by atoms with E-state index in [0.29, 0.717) is 26.0 Å². The van der Waals surface area contributed by atoms with Crippen LogP contribution in [0.5, 0.6) is 23.0 Å². The summed E-state index contributed by atoms with van der Waals surface area (Å²) in [6, 6.07) is 13.1. The number of hydrogen-bond acceptors (Lipinski definition) is 9. The summed E-state index contributed by atoms with van der Waals surface area (Å²) in [6.45, 7) is -0.290. The lowest BCUT2D eigenvalue weighted by molar-refractivity contribution is -0.384. The van der Waals surface area contributed by atoms with E-state index in [0.717, 1.165) is 0 Å². The molecule has 0 spiro atoms. The molecular formula is C24H19Br2N3O8. The van der Waals surface area contributed by atoms with Gasteiger partial charge in [0, 0.05) is 12.1 Å². The number of nitrogens with one attached hydrogen (secondary N) is 1. The molecule has 0 saturated carbocycles. The van der Waals surface area contributed by atoms with Crippen LogP contribution in [-0.4, -0.2) is 43.8 Å². The second-order valence-corrected chi connectivity index (χ2v) is 8.81. The van der Waals surface area contributed by atoms with Crippen molar-refractivity contribution in [3.8, 4) is 23.0 Å². The van der Waals surface area contributed by atoms with Gasteiger partial charge in [0.1, 0.15) is 11.5 Å². The van der Waals surface area contributed by atoms with E-state index in [1.165, 1.54) is 50.8 Å². The van der Waals surface area contributed by atoms with Crippen molar-refractivity contribution < 1.29 is 33.5 Å². The molecule has 1 amide bonds. The van der Waals surface area contributed by atoms with Crippen LogP contribution in [-0.2, 0) is 4.79 Å². The summed E-state index contributed by atoms with van der Waals surface area (Å²) in [5.41, 5.74) is 2.90. The Bertz CT molecular complexity index is 1320. The second kappa shape index (κ2) is 12.8. The molecule has 0 aliphatic carbocycles. The van der Waals surface area contributed by atoms with Crippen molar-refractivity contribution in [2.45, 2.75) is 0 Å². The summed E-state index contributed by atoms with van der Waals surface area (Å²) in [4.78, 5) is 34.7. The number of halogens is 2. The predicted octanol–water partition coefficient (Wildman–Crippen LogP) is 4.89. The van der Waals surface area contributed by atoms with E-state index in [2.05, 4.69) is 42.4 Å². The Labute approximate surface area is 227 Å². The normalized spacial score (nSPS) is 10.6. The topological polar surface area (TPSA) is 139 Å². The maximum absolute atomic E-state index is 12.4. The molecule has 13 heteroatoms. The molecule has 0 unspecified atom stereocenters. The zero-order valence-electron chi connectivity index (χ0n) is 19.4. The van der Waals surface area contributed by atoms with Crippen molar-refractivity contribution in [3.63, 3.8) is 0 Å². The van der Waals surface area contributed by atoms with Gasteiger partial charge in [0.05, 0.1) is 39.9 Å². The smallest absolute Gasteiger partial charge is 0.343 e. The fourth-order valence-electron chi connectivity index (χ4n) is 2.87. The molecular weight excluding hydrogens is 618 g/mol. The predicted molar refractivity (Wildman–Crippen MR) is 141 cm³/mol. The zero-order chi connectivity index (χ0) is 26.9.